The van der Waals surface area contributed by atoms with Gasteiger partial charge in [0.15, 0.2) is 19.0 Å². The maximum Gasteiger partial charge on any atom is 0.357 e. The third-order valence-electron chi connectivity index (χ3n) is 3.90. The van der Waals surface area contributed by atoms with Gasteiger partial charge >= 0.3 is 5.97 Å². The highest BCUT2D eigenvalue weighted by Gasteiger charge is 2.36. The molecule has 0 unspecified atom stereocenters. The van der Waals surface area contributed by atoms with E-state index >= 15 is 0 Å². The van der Waals surface area contributed by atoms with Crippen LogP contribution in [0.4, 0.5) is 0 Å². The van der Waals surface area contributed by atoms with E-state index in [9.17, 15) is 4.79 Å². The zero-order valence-electron chi connectivity index (χ0n) is 15.0. The van der Waals surface area contributed by atoms with E-state index in [1.807, 2.05) is 0 Å². The van der Waals surface area contributed by atoms with Crippen LogP contribution in [0, 0.1) is 11.8 Å². The molecule has 6 heteroatoms. The Kier molecular flexibility index (Phi) is 7.45. The van der Waals surface area contributed by atoms with Crippen molar-refractivity contribution in [1.82, 2.24) is 4.98 Å². The van der Waals surface area contributed by atoms with Crippen molar-refractivity contribution in [1.29, 1.82) is 0 Å². The molecule has 0 atom stereocenters. The lowest BCUT2D eigenvalue weighted by molar-refractivity contribution is 0.0520. The normalized spacial score (nSPS) is 11.7. The van der Waals surface area contributed by atoms with Crippen LogP contribution in [-0.4, -0.2) is 32.5 Å². The second kappa shape index (κ2) is 8.62. The fraction of sp³-hybridized carbons (Fsp3) is 0.647. The van der Waals surface area contributed by atoms with Gasteiger partial charge in [-0.1, -0.05) is 26.7 Å². The molecule has 0 radical (unpaired) electrons. The summed E-state index contributed by atoms with van der Waals surface area (Å²) in [5.74, 6) is 5.70. The first-order chi connectivity index (χ1) is 10.7. The van der Waals surface area contributed by atoms with E-state index in [4.69, 9.17) is 9.16 Å². The number of ether oxygens (including phenoxy) is 1. The molecule has 4 nitrogen and oxygen atoms in total. The smallest absolute Gasteiger partial charge is 0.357 e. The summed E-state index contributed by atoms with van der Waals surface area (Å²) in [6, 6.07) is 0. The van der Waals surface area contributed by atoms with Gasteiger partial charge in [0, 0.05) is 18.4 Å². The first kappa shape index (κ1) is 19.9. The standard InChI is InChI=1S/C17H27NO3SSi/c1-7-20-16(19)14-13-22-15(18-14)11-9-8-10-12-21-23(5,6)17(2,3)4/h13H,7-8,10,12H2,1-6H3. The molecule has 1 rings (SSSR count). The number of esters is 1. The molecular formula is C17H27NO3SSi. The Labute approximate surface area is 144 Å². The zero-order chi connectivity index (χ0) is 17.5. The van der Waals surface area contributed by atoms with Crippen LogP contribution < -0.4 is 0 Å². The molecule has 0 aliphatic carbocycles. The molecule has 0 aliphatic rings. The number of nitrogens with zero attached hydrogens (tertiary/aromatic N) is 1. The average Bonchev–Trinajstić information content (AvgIpc) is 2.90. The Balaban J connectivity index is 2.38. The highest BCUT2D eigenvalue weighted by molar-refractivity contribution is 7.10. The van der Waals surface area contributed by atoms with Crippen molar-refractivity contribution in [2.24, 2.45) is 0 Å². The van der Waals surface area contributed by atoms with Crippen LogP contribution in [0.3, 0.4) is 0 Å². The van der Waals surface area contributed by atoms with Crippen molar-refractivity contribution in [2.75, 3.05) is 13.2 Å². The molecule has 0 fully saturated rings. The Morgan fingerprint density at radius 3 is 2.70 bits per heavy atom. The van der Waals surface area contributed by atoms with Crippen molar-refractivity contribution in [3.8, 4) is 11.8 Å². The Morgan fingerprint density at radius 1 is 1.39 bits per heavy atom. The van der Waals surface area contributed by atoms with Gasteiger partial charge in [0.1, 0.15) is 0 Å². The third-order valence-corrected chi connectivity index (χ3v) is 9.20. The summed E-state index contributed by atoms with van der Waals surface area (Å²) in [6.07, 6.45) is 1.68. The van der Waals surface area contributed by atoms with Crippen LogP contribution in [0.2, 0.25) is 18.1 Å². The summed E-state index contributed by atoms with van der Waals surface area (Å²) in [5, 5.41) is 2.57. The van der Waals surface area contributed by atoms with E-state index in [2.05, 4.69) is 50.7 Å². The van der Waals surface area contributed by atoms with E-state index in [1.54, 1.807) is 12.3 Å². The minimum atomic E-state index is -1.66. The summed E-state index contributed by atoms with van der Waals surface area (Å²) < 4.78 is 11.0. The monoisotopic (exact) mass is 353 g/mol. The Morgan fingerprint density at radius 2 is 2.09 bits per heavy atom. The molecular weight excluding hydrogens is 326 g/mol. The fourth-order valence-electron chi connectivity index (χ4n) is 1.47. The second-order valence-electron chi connectivity index (χ2n) is 6.77. The number of unbranched alkanes of at least 4 members (excludes halogenated alkanes) is 1. The van der Waals surface area contributed by atoms with Crippen LogP contribution >= 0.6 is 11.3 Å². The maximum absolute atomic E-state index is 11.5. The third kappa shape index (κ3) is 6.46. The molecule has 0 aliphatic heterocycles. The van der Waals surface area contributed by atoms with Gasteiger partial charge in [-0.05, 0) is 37.4 Å². The molecule has 0 spiro atoms. The van der Waals surface area contributed by atoms with Gasteiger partial charge in [0.25, 0.3) is 0 Å². The molecule has 0 aromatic carbocycles. The van der Waals surface area contributed by atoms with E-state index < -0.39 is 8.32 Å². The van der Waals surface area contributed by atoms with E-state index in [-0.39, 0.29) is 11.0 Å². The lowest BCUT2D eigenvalue weighted by Gasteiger charge is -2.36. The van der Waals surface area contributed by atoms with E-state index in [0.717, 1.165) is 19.4 Å². The predicted molar refractivity (Wildman–Crippen MR) is 97.3 cm³/mol. The topological polar surface area (TPSA) is 48.4 Å². The molecule has 0 saturated heterocycles. The van der Waals surface area contributed by atoms with Crippen molar-refractivity contribution in [3.05, 3.63) is 16.1 Å². The molecule has 128 valence electrons. The molecule has 1 aromatic rings. The quantitative estimate of drug-likeness (QED) is 0.327. The van der Waals surface area contributed by atoms with E-state index in [0.29, 0.717) is 17.3 Å². The van der Waals surface area contributed by atoms with Crippen molar-refractivity contribution >= 4 is 25.6 Å². The largest absolute Gasteiger partial charge is 0.461 e. The number of aromatic nitrogens is 1. The molecule has 1 aromatic heterocycles. The van der Waals surface area contributed by atoms with Crippen LogP contribution in [0.1, 0.15) is 56.0 Å². The number of hydrogen-bond donors (Lipinski definition) is 0. The van der Waals surface area contributed by atoms with Crippen LogP contribution in [-0.2, 0) is 9.16 Å². The SMILES string of the molecule is CCOC(=O)c1csc(C#CCCCO[Si](C)(C)C(C)(C)C)n1. The minimum Gasteiger partial charge on any atom is -0.461 e. The van der Waals surface area contributed by atoms with Crippen molar-refractivity contribution in [3.63, 3.8) is 0 Å². The van der Waals surface area contributed by atoms with Gasteiger partial charge in [0.05, 0.1) is 6.61 Å². The van der Waals surface area contributed by atoms with E-state index in [1.165, 1.54) is 11.3 Å². The molecule has 1 heterocycles. The Bertz CT molecular complexity index is 579. The first-order valence-electron chi connectivity index (χ1n) is 7.93. The van der Waals surface area contributed by atoms with Gasteiger partial charge < -0.3 is 9.16 Å². The van der Waals surface area contributed by atoms with Gasteiger partial charge in [0.2, 0.25) is 0 Å². The Hall–Kier alpha value is -1.16. The van der Waals surface area contributed by atoms with Gasteiger partial charge in [-0.3, -0.25) is 0 Å². The molecule has 0 saturated carbocycles. The highest BCUT2D eigenvalue weighted by Crippen LogP contribution is 2.36. The molecule has 23 heavy (non-hydrogen) atoms. The zero-order valence-corrected chi connectivity index (χ0v) is 16.8. The second-order valence-corrected chi connectivity index (χ2v) is 12.4. The van der Waals surface area contributed by atoms with Crippen LogP contribution in [0.15, 0.2) is 5.38 Å². The summed E-state index contributed by atoms with van der Waals surface area (Å²) in [6.45, 7) is 14.1. The summed E-state index contributed by atoms with van der Waals surface area (Å²) >= 11 is 1.37. The van der Waals surface area contributed by atoms with Crippen LogP contribution in [0.25, 0.3) is 0 Å². The lowest BCUT2D eigenvalue weighted by atomic mass is 10.2. The first-order valence-corrected chi connectivity index (χ1v) is 11.7. The minimum absolute atomic E-state index is 0.239. The van der Waals surface area contributed by atoms with Crippen LogP contribution in [0.5, 0.6) is 0 Å². The fourth-order valence-corrected chi connectivity index (χ4v) is 3.21. The number of rotatable bonds is 6. The summed E-state index contributed by atoms with van der Waals surface area (Å²) in [5.41, 5.74) is 0.336. The van der Waals surface area contributed by atoms with Gasteiger partial charge in [-0.25, -0.2) is 9.78 Å². The average molecular weight is 354 g/mol. The van der Waals surface area contributed by atoms with Gasteiger partial charge in [-0.15, -0.1) is 11.3 Å². The predicted octanol–water partition coefficient (Wildman–Crippen LogP) is 4.47. The molecule has 0 bridgehead atoms. The van der Waals surface area contributed by atoms with Gasteiger partial charge in [-0.2, -0.15) is 0 Å². The highest BCUT2D eigenvalue weighted by atomic mass is 32.1. The summed E-state index contributed by atoms with van der Waals surface area (Å²) in [7, 11) is -1.66. The summed E-state index contributed by atoms with van der Waals surface area (Å²) in [4.78, 5) is 15.7. The number of thiazole rings is 1. The number of carbonyl (C=O) groups excluding carboxylic acids is 1. The molecule has 0 N–H and O–H groups in total. The molecule has 0 amide bonds. The lowest BCUT2D eigenvalue weighted by Crippen LogP contribution is -2.40. The number of hydrogen-bond acceptors (Lipinski definition) is 5. The number of carbonyl (C=O) groups is 1. The van der Waals surface area contributed by atoms with Crippen molar-refractivity contribution in [2.45, 2.75) is 58.7 Å². The maximum atomic E-state index is 11.5. The van der Waals surface area contributed by atoms with Crippen molar-refractivity contribution < 1.29 is 14.0 Å².